The number of aliphatic hydroxyl groups excluding tert-OH is 1. The van der Waals surface area contributed by atoms with Crippen molar-refractivity contribution in [3.05, 3.63) is 53.1 Å². The quantitative estimate of drug-likeness (QED) is 0.452. The Morgan fingerprint density at radius 2 is 2.13 bits per heavy atom. The molecule has 1 saturated carbocycles. The van der Waals surface area contributed by atoms with Gasteiger partial charge in [0.05, 0.1) is 18.6 Å². The van der Waals surface area contributed by atoms with Gasteiger partial charge >= 0.3 is 0 Å². The average Bonchev–Trinajstić information content (AvgIpc) is 3.33. The highest BCUT2D eigenvalue weighted by Gasteiger charge is 2.47. The molecule has 1 fully saturated rings. The Kier molecular flexibility index (Phi) is 7.74. The Hall–Kier alpha value is -2.36. The number of H-pyrrole nitrogens is 1. The normalized spacial score (nSPS) is 23.5. The van der Waals surface area contributed by atoms with Gasteiger partial charge in [-0.1, -0.05) is 19.9 Å². The lowest BCUT2D eigenvalue weighted by Gasteiger charge is -2.22. The van der Waals surface area contributed by atoms with Crippen molar-refractivity contribution in [2.75, 3.05) is 20.3 Å². The molecule has 1 amide bonds. The van der Waals surface area contributed by atoms with Crippen molar-refractivity contribution >= 4 is 5.91 Å². The summed E-state index contributed by atoms with van der Waals surface area (Å²) in [4.78, 5) is 20.3. The SMILES string of the molecule is COCCNC(=O)[C@H]1C[C@@H](NCc2ccc(F)c(F)c2)[C@H](c2cnc(C(C)C)[nH]2)[C@@H]1O. The molecular formula is C22H30F2N4O3. The molecule has 0 bridgehead atoms. The molecule has 4 atom stereocenters. The second-order valence-corrected chi connectivity index (χ2v) is 8.26. The van der Waals surface area contributed by atoms with Crippen LogP contribution in [0.4, 0.5) is 8.78 Å². The van der Waals surface area contributed by atoms with Crippen LogP contribution in [0.15, 0.2) is 24.4 Å². The molecular weight excluding hydrogens is 406 g/mol. The number of aromatic amines is 1. The van der Waals surface area contributed by atoms with Crippen LogP contribution in [0.2, 0.25) is 0 Å². The first-order chi connectivity index (χ1) is 14.8. The van der Waals surface area contributed by atoms with E-state index in [1.807, 2.05) is 13.8 Å². The fourth-order valence-electron chi connectivity index (χ4n) is 4.04. The van der Waals surface area contributed by atoms with Crippen LogP contribution >= 0.6 is 0 Å². The number of aliphatic hydroxyl groups is 1. The number of methoxy groups -OCH3 is 1. The molecule has 9 heteroatoms. The highest BCUT2D eigenvalue weighted by molar-refractivity contribution is 5.80. The number of carbonyl (C=O) groups excluding carboxylic acids is 1. The average molecular weight is 437 g/mol. The van der Waals surface area contributed by atoms with Gasteiger partial charge in [-0.25, -0.2) is 13.8 Å². The predicted molar refractivity (Wildman–Crippen MR) is 111 cm³/mol. The van der Waals surface area contributed by atoms with Gasteiger partial charge in [0.1, 0.15) is 5.82 Å². The van der Waals surface area contributed by atoms with Crippen molar-refractivity contribution < 1.29 is 23.4 Å². The summed E-state index contributed by atoms with van der Waals surface area (Å²) in [5.41, 5.74) is 1.32. The Balaban J connectivity index is 1.78. The zero-order valence-electron chi connectivity index (χ0n) is 18.0. The number of halogens is 2. The van der Waals surface area contributed by atoms with Gasteiger partial charge in [0, 0.05) is 50.0 Å². The maximum Gasteiger partial charge on any atom is 0.225 e. The van der Waals surface area contributed by atoms with E-state index in [1.54, 1.807) is 13.3 Å². The minimum atomic E-state index is -0.925. The van der Waals surface area contributed by atoms with Crippen LogP contribution in [0.25, 0.3) is 0 Å². The third kappa shape index (κ3) is 5.47. The molecule has 31 heavy (non-hydrogen) atoms. The summed E-state index contributed by atoms with van der Waals surface area (Å²) in [6.45, 7) is 5.04. The lowest BCUT2D eigenvalue weighted by Crippen LogP contribution is -2.37. The number of nitrogens with zero attached hydrogens (tertiary/aromatic N) is 1. The fourth-order valence-corrected chi connectivity index (χ4v) is 4.04. The van der Waals surface area contributed by atoms with Crippen molar-refractivity contribution in [2.24, 2.45) is 5.92 Å². The van der Waals surface area contributed by atoms with Crippen LogP contribution in [0.3, 0.4) is 0 Å². The zero-order chi connectivity index (χ0) is 22.5. The van der Waals surface area contributed by atoms with E-state index in [2.05, 4.69) is 20.6 Å². The number of ether oxygens (including phenoxy) is 1. The van der Waals surface area contributed by atoms with Crippen molar-refractivity contribution in [3.8, 4) is 0 Å². The van der Waals surface area contributed by atoms with E-state index in [0.29, 0.717) is 25.1 Å². The van der Waals surface area contributed by atoms with Gasteiger partial charge in [-0.05, 0) is 24.1 Å². The van der Waals surface area contributed by atoms with Gasteiger partial charge in [-0.2, -0.15) is 0 Å². The molecule has 7 nitrogen and oxygen atoms in total. The van der Waals surface area contributed by atoms with E-state index in [9.17, 15) is 18.7 Å². The molecule has 170 valence electrons. The van der Waals surface area contributed by atoms with Crippen molar-refractivity contribution in [3.63, 3.8) is 0 Å². The number of amides is 1. The standard InChI is InChI=1S/C22H30F2N4O3/c1-12(2)21-27-11-18(28-21)19-17(26-10-13-4-5-15(23)16(24)8-13)9-14(20(19)29)22(30)25-6-7-31-3/h4-5,8,11-12,14,17,19-20,26,29H,6-7,9-10H2,1-3H3,(H,25,30)(H,27,28)/t14-,17+,19+,20+/m0/s1. The van der Waals surface area contributed by atoms with Crippen LogP contribution in [0.5, 0.6) is 0 Å². The molecule has 0 saturated heterocycles. The van der Waals surface area contributed by atoms with Gasteiger partial charge in [-0.15, -0.1) is 0 Å². The van der Waals surface area contributed by atoms with Crippen LogP contribution in [0.1, 0.15) is 49.2 Å². The van der Waals surface area contributed by atoms with Crippen LogP contribution in [0, 0.1) is 17.6 Å². The maximum absolute atomic E-state index is 13.6. The number of carbonyl (C=O) groups is 1. The Labute approximate surface area is 180 Å². The summed E-state index contributed by atoms with van der Waals surface area (Å²) in [5.74, 6) is -2.07. The smallest absolute Gasteiger partial charge is 0.225 e. The molecule has 0 spiro atoms. The number of hydrogen-bond acceptors (Lipinski definition) is 5. The summed E-state index contributed by atoms with van der Waals surface area (Å²) < 4.78 is 31.7. The fraction of sp³-hybridized carbons (Fsp3) is 0.545. The van der Waals surface area contributed by atoms with E-state index >= 15 is 0 Å². The molecule has 0 unspecified atom stereocenters. The summed E-state index contributed by atoms with van der Waals surface area (Å²) in [6, 6.07) is 3.48. The first-order valence-corrected chi connectivity index (χ1v) is 10.5. The lowest BCUT2D eigenvalue weighted by molar-refractivity contribution is -0.127. The molecule has 1 aromatic carbocycles. The van der Waals surface area contributed by atoms with Crippen LogP contribution < -0.4 is 10.6 Å². The molecule has 1 heterocycles. The van der Waals surface area contributed by atoms with Crippen LogP contribution in [-0.2, 0) is 16.1 Å². The third-order valence-electron chi connectivity index (χ3n) is 5.74. The first-order valence-electron chi connectivity index (χ1n) is 10.5. The highest BCUT2D eigenvalue weighted by Crippen LogP contribution is 2.39. The highest BCUT2D eigenvalue weighted by atomic mass is 19.2. The van der Waals surface area contributed by atoms with Crippen molar-refractivity contribution in [1.29, 1.82) is 0 Å². The molecule has 0 aliphatic heterocycles. The zero-order valence-corrected chi connectivity index (χ0v) is 18.0. The number of hydrogen-bond donors (Lipinski definition) is 4. The maximum atomic E-state index is 13.6. The molecule has 1 aromatic heterocycles. The minimum Gasteiger partial charge on any atom is -0.392 e. The molecule has 1 aliphatic rings. The Morgan fingerprint density at radius 1 is 1.35 bits per heavy atom. The summed E-state index contributed by atoms with van der Waals surface area (Å²) in [6.07, 6.45) is 1.16. The number of imidazole rings is 1. The van der Waals surface area contributed by atoms with E-state index in [0.717, 1.165) is 23.7 Å². The summed E-state index contributed by atoms with van der Waals surface area (Å²) >= 11 is 0. The minimum absolute atomic E-state index is 0.189. The topological polar surface area (TPSA) is 99.3 Å². The van der Waals surface area contributed by atoms with Gasteiger partial charge in [0.25, 0.3) is 0 Å². The second-order valence-electron chi connectivity index (χ2n) is 8.26. The molecule has 3 rings (SSSR count). The number of aromatic nitrogens is 2. The molecule has 1 aliphatic carbocycles. The van der Waals surface area contributed by atoms with Gasteiger partial charge in [0.15, 0.2) is 11.6 Å². The third-order valence-corrected chi connectivity index (χ3v) is 5.74. The monoisotopic (exact) mass is 436 g/mol. The van der Waals surface area contributed by atoms with Gasteiger partial charge in [0.2, 0.25) is 5.91 Å². The second kappa shape index (κ2) is 10.3. The van der Waals surface area contributed by atoms with Gasteiger partial charge in [-0.3, -0.25) is 4.79 Å². The first kappa shape index (κ1) is 23.3. The summed E-state index contributed by atoms with van der Waals surface area (Å²) in [7, 11) is 1.55. The molecule has 4 N–H and O–H groups in total. The van der Waals surface area contributed by atoms with E-state index in [4.69, 9.17) is 4.74 Å². The van der Waals surface area contributed by atoms with Crippen LogP contribution in [-0.4, -0.2) is 53.4 Å². The Morgan fingerprint density at radius 3 is 2.77 bits per heavy atom. The number of rotatable bonds is 9. The van der Waals surface area contributed by atoms with Crippen molar-refractivity contribution in [1.82, 2.24) is 20.6 Å². The van der Waals surface area contributed by atoms with E-state index in [-0.39, 0.29) is 24.4 Å². The molecule has 0 radical (unpaired) electrons. The summed E-state index contributed by atoms with van der Waals surface area (Å²) in [5, 5.41) is 17.1. The number of nitrogens with one attached hydrogen (secondary N) is 3. The largest absolute Gasteiger partial charge is 0.392 e. The number of benzene rings is 1. The predicted octanol–water partition coefficient (Wildman–Crippen LogP) is 2.20. The molecule has 2 aromatic rings. The van der Waals surface area contributed by atoms with E-state index in [1.165, 1.54) is 6.07 Å². The lowest BCUT2D eigenvalue weighted by atomic mass is 9.96. The Bertz CT molecular complexity index is 889. The van der Waals surface area contributed by atoms with Gasteiger partial charge < -0.3 is 25.5 Å². The van der Waals surface area contributed by atoms with Crippen molar-refractivity contribution in [2.45, 2.75) is 50.8 Å². The van der Waals surface area contributed by atoms with E-state index < -0.39 is 29.6 Å².